The van der Waals surface area contributed by atoms with Gasteiger partial charge in [0.05, 0.1) is 7.98 Å². The van der Waals surface area contributed by atoms with Crippen LogP contribution in [0.3, 0.4) is 0 Å². The summed E-state index contributed by atoms with van der Waals surface area (Å²) in [6, 6.07) is 1.60. The summed E-state index contributed by atoms with van der Waals surface area (Å²) in [6.45, 7) is 1.64. The Morgan fingerprint density at radius 1 is 1.53 bits per heavy atom. The van der Waals surface area contributed by atoms with Crippen molar-refractivity contribution in [3.8, 4) is 11.5 Å². The van der Waals surface area contributed by atoms with Crippen molar-refractivity contribution in [3.63, 3.8) is 0 Å². The normalized spacial score (nSPS) is 16.8. The number of phenolic OH excluding ortho intramolecular Hbond substituents is 2. The molecule has 2 atom stereocenters. The molecule has 0 unspecified atom stereocenters. The van der Waals surface area contributed by atoms with E-state index in [4.69, 9.17) is 12.2 Å². The smallest absolute Gasteiger partial charge is 0.325 e. The highest BCUT2D eigenvalue weighted by molar-refractivity contribution is 5.76. The largest absolute Gasteiger partial charge is 0.504 e. The van der Waals surface area contributed by atoms with Gasteiger partial charge in [-0.1, -0.05) is 6.07 Å². The van der Waals surface area contributed by atoms with Crippen molar-refractivity contribution in [2.75, 3.05) is 6.61 Å². The Kier molecular flexibility index (Phi) is 3.79. The Bertz CT molecular complexity index is 449. The number of esters is 1. The summed E-state index contributed by atoms with van der Waals surface area (Å²) >= 11 is 0. The van der Waals surface area contributed by atoms with Crippen LogP contribution in [0.5, 0.6) is 11.5 Å². The predicted molar refractivity (Wildman–Crippen MR) is 59.3 cm³/mol. The van der Waals surface area contributed by atoms with Crippen LogP contribution in [0.4, 0.5) is 0 Å². The third-order valence-corrected chi connectivity index (χ3v) is 2.11. The monoisotopic (exact) mass is 242 g/mol. The lowest BCUT2D eigenvalue weighted by molar-refractivity contribution is -0.147. The van der Waals surface area contributed by atoms with Crippen LogP contribution in [0.25, 0.3) is 0 Å². The lowest BCUT2D eigenvalue weighted by Gasteiger charge is -2.17. The van der Waals surface area contributed by atoms with Crippen LogP contribution in [0, 0.1) is 0 Å². The molecule has 0 aliphatic carbocycles. The molecule has 5 N–H and O–H groups in total. The molecule has 1 aromatic rings. The molecule has 6 nitrogen and oxygen atoms in total. The minimum atomic E-state index is -2.46. The van der Waals surface area contributed by atoms with E-state index in [0.717, 1.165) is 12.1 Å². The van der Waals surface area contributed by atoms with Crippen molar-refractivity contribution in [3.05, 3.63) is 23.8 Å². The average Bonchev–Trinajstić information content (AvgIpc) is 2.31. The summed E-state index contributed by atoms with van der Waals surface area (Å²) in [6.07, 6.45) is -2.46. The standard InChI is InChI=1S/C11H15NO5/c1-2-17-11(16)9(12)10(15)6-3-4-7(13)8(14)5-6/h3-5,9-10,13-15H,2,12H2,1H3/t9-,10+/m0/s1/i10D. The van der Waals surface area contributed by atoms with Gasteiger partial charge in [-0.05, 0) is 24.6 Å². The number of nitrogens with two attached hydrogens (primary N) is 1. The van der Waals surface area contributed by atoms with E-state index >= 15 is 0 Å². The number of aromatic hydroxyl groups is 2. The van der Waals surface area contributed by atoms with Crippen LogP contribution in [-0.2, 0) is 9.53 Å². The highest BCUT2D eigenvalue weighted by atomic mass is 16.5. The number of aliphatic hydroxyl groups is 1. The number of rotatable bonds is 4. The molecule has 0 radical (unpaired) electrons. The molecular formula is C11H15NO5. The van der Waals surface area contributed by atoms with Crippen molar-refractivity contribution in [2.24, 2.45) is 5.73 Å². The first-order chi connectivity index (χ1) is 8.30. The molecule has 1 rings (SSSR count). The quantitative estimate of drug-likeness (QED) is 0.437. The van der Waals surface area contributed by atoms with Gasteiger partial charge >= 0.3 is 5.97 Å². The zero-order valence-corrected chi connectivity index (χ0v) is 9.25. The van der Waals surface area contributed by atoms with Crippen molar-refractivity contribution in [1.82, 2.24) is 0 Å². The lowest BCUT2D eigenvalue weighted by atomic mass is 10.0. The van der Waals surface area contributed by atoms with Gasteiger partial charge in [0.25, 0.3) is 0 Å². The topological polar surface area (TPSA) is 113 Å². The van der Waals surface area contributed by atoms with Crippen molar-refractivity contribution >= 4 is 5.97 Å². The molecule has 0 bridgehead atoms. The third-order valence-electron chi connectivity index (χ3n) is 2.11. The molecule has 0 heterocycles. The minimum Gasteiger partial charge on any atom is -0.504 e. The van der Waals surface area contributed by atoms with E-state index in [0.29, 0.717) is 0 Å². The zero-order chi connectivity index (χ0) is 13.9. The molecule has 0 amide bonds. The van der Waals surface area contributed by atoms with Gasteiger partial charge in [-0.15, -0.1) is 0 Å². The molecule has 0 saturated heterocycles. The number of carbonyl (C=O) groups excluding carboxylic acids is 1. The number of ether oxygens (including phenoxy) is 1. The second kappa shape index (κ2) is 5.51. The van der Waals surface area contributed by atoms with Crippen molar-refractivity contribution in [2.45, 2.75) is 19.0 Å². The van der Waals surface area contributed by atoms with E-state index in [-0.39, 0.29) is 12.2 Å². The summed E-state index contributed by atoms with van der Waals surface area (Å²) in [4.78, 5) is 11.4. The van der Waals surface area contributed by atoms with Crippen LogP contribution in [0.15, 0.2) is 18.2 Å². The number of phenols is 2. The van der Waals surface area contributed by atoms with Crippen LogP contribution in [0.2, 0.25) is 0 Å². The summed E-state index contributed by atoms with van der Waals surface area (Å²) in [5, 5.41) is 28.3. The molecule has 0 saturated carbocycles. The number of hydrogen-bond donors (Lipinski definition) is 4. The van der Waals surface area contributed by atoms with E-state index < -0.39 is 29.6 Å². The lowest BCUT2D eigenvalue weighted by Crippen LogP contribution is -2.38. The Balaban J connectivity index is 3.04. The van der Waals surface area contributed by atoms with Crippen LogP contribution < -0.4 is 5.73 Å². The summed E-state index contributed by atoms with van der Waals surface area (Å²) in [7, 11) is 0. The van der Waals surface area contributed by atoms with Gasteiger partial charge in [0, 0.05) is 0 Å². The van der Waals surface area contributed by atoms with Crippen molar-refractivity contribution < 1.29 is 26.2 Å². The SMILES string of the molecule is [2H][C@@](O)(c1ccc(O)c(O)c1)[C@H](N)C(=O)OCC. The first-order valence-electron chi connectivity index (χ1n) is 5.47. The van der Waals surface area contributed by atoms with E-state index in [1.165, 1.54) is 6.07 Å². The first kappa shape index (κ1) is 11.7. The van der Waals surface area contributed by atoms with E-state index in [1.54, 1.807) is 6.92 Å². The fourth-order valence-electron chi connectivity index (χ4n) is 1.21. The maximum atomic E-state index is 11.4. The number of hydrogen-bond acceptors (Lipinski definition) is 6. The van der Waals surface area contributed by atoms with Gasteiger partial charge in [0.1, 0.15) is 12.1 Å². The van der Waals surface area contributed by atoms with Crippen LogP contribution in [0.1, 0.15) is 19.9 Å². The Morgan fingerprint density at radius 2 is 2.18 bits per heavy atom. The summed E-state index contributed by atoms with van der Waals surface area (Å²) in [5.41, 5.74) is 5.32. The molecule has 0 aliphatic heterocycles. The maximum absolute atomic E-state index is 11.4. The molecule has 0 aliphatic rings. The van der Waals surface area contributed by atoms with Gasteiger partial charge in [0.15, 0.2) is 11.5 Å². The predicted octanol–water partition coefficient (Wildman–Crippen LogP) is 0.0216. The first-order valence-corrected chi connectivity index (χ1v) is 4.97. The molecule has 0 spiro atoms. The molecule has 6 heteroatoms. The van der Waals surface area contributed by atoms with Crippen LogP contribution in [-0.4, -0.2) is 33.9 Å². The number of carbonyl (C=O) groups is 1. The van der Waals surface area contributed by atoms with Crippen molar-refractivity contribution in [1.29, 1.82) is 0 Å². The highest BCUT2D eigenvalue weighted by Crippen LogP contribution is 2.28. The van der Waals surface area contributed by atoms with Gasteiger partial charge in [-0.3, -0.25) is 4.79 Å². The van der Waals surface area contributed by atoms with Gasteiger partial charge in [-0.2, -0.15) is 0 Å². The number of benzene rings is 1. The second-order valence-corrected chi connectivity index (χ2v) is 3.32. The summed E-state index contributed by atoms with van der Waals surface area (Å²) in [5.74, 6) is -1.85. The van der Waals surface area contributed by atoms with E-state index in [9.17, 15) is 15.0 Å². The fourth-order valence-corrected chi connectivity index (χ4v) is 1.21. The average molecular weight is 242 g/mol. The van der Waals surface area contributed by atoms with Gasteiger partial charge in [-0.25, -0.2) is 0 Å². The van der Waals surface area contributed by atoms with Crippen LogP contribution >= 0.6 is 0 Å². The molecule has 1 aromatic carbocycles. The fraction of sp³-hybridized carbons (Fsp3) is 0.364. The summed E-state index contributed by atoms with van der Waals surface area (Å²) < 4.78 is 12.3. The van der Waals surface area contributed by atoms with Gasteiger partial charge < -0.3 is 25.8 Å². The molecule has 94 valence electrons. The highest BCUT2D eigenvalue weighted by Gasteiger charge is 2.25. The zero-order valence-electron chi connectivity index (χ0n) is 10.3. The van der Waals surface area contributed by atoms with E-state index in [2.05, 4.69) is 4.74 Å². The maximum Gasteiger partial charge on any atom is 0.325 e. The van der Waals surface area contributed by atoms with E-state index in [1.807, 2.05) is 0 Å². The Morgan fingerprint density at radius 3 is 2.71 bits per heavy atom. The Hall–Kier alpha value is -1.79. The second-order valence-electron chi connectivity index (χ2n) is 3.32. The minimum absolute atomic E-state index is 0.0729. The third kappa shape index (κ3) is 3.08. The van der Waals surface area contributed by atoms with Gasteiger partial charge in [0.2, 0.25) is 0 Å². The molecule has 17 heavy (non-hydrogen) atoms. The molecular weight excluding hydrogens is 226 g/mol. The molecule has 0 fully saturated rings. The molecule has 0 aromatic heterocycles. The Labute approximate surface area is 99.7 Å².